The van der Waals surface area contributed by atoms with Crippen molar-refractivity contribution in [2.24, 2.45) is 0 Å². The van der Waals surface area contributed by atoms with Crippen molar-refractivity contribution < 1.29 is 14.3 Å². The molecular weight excluding hydrogens is 180 g/mol. The summed E-state index contributed by atoms with van der Waals surface area (Å²) in [6.07, 6.45) is 0. The summed E-state index contributed by atoms with van der Waals surface area (Å²) < 4.78 is 5.24. The fraction of sp³-hybridized carbons (Fsp3) is 0.182. The van der Waals surface area contributed by atoms with Gasteiger partial charge < -0.3 is 9.52 Å². The highest BCUT2D eigenvalue weighted by atomic mass is 16.4. The molecule has 1 aromatic heterocycles. The SMILES string of the molecule is Cc1cccc2oc(C(=O)O)c(C)c12. The molecule has 2 aromatic rings. The average molecular weight is 190 g/mol. The first-order chi connectivity index (χ1) is 6.61. The molecule has 0 amide bonds. The highest BCUT2D eigenvalue weighted by Crippen LogP contribution is 2.27. The van der Waals surface area contributed by atoms with E-state index in [0.29, 0.717) is 11.1 Å². The normalized spacial score (nSPS) is 10.7. The lowest BCUT2D eigenvalue weighted by Gasteiger charge is -1.94. The van der Waals surface area contributed by atoms with Crippen LogP contribution in [0.1, 0.15) is 21.7 Å². The number of hydrogen-bond acceptors (Lipinski definition) is 2. The van der Waals surface area contributed by atoms with Gasteiger partial charge in [0.15, 0.2) is 0 Å². The van der Waals surface area contributed by atoms with Gasteiger partial charge in [0, 0.05) is 10.9 Å². The number of carboxylic acid groups (broad SMARTS) is 1. The molecule has 72 valence electrons. The first kappa shape index (κ1) is 8.81. The van der Waals surface area contributed by atoms with Crippen molar-refractivity contribution in [3.8, 4) is 0 Å². The largest absolute Gasteiger partial charge is 0.475 e. The van der Waals surface area contributed by atoms with E-state index in [2.05, 4.69) is 0 Å². The second kappa shape index (κ2) is 2.87. The molecule has 0 saturated heterocycles. The minimum atomic E-state index is -1.02. The summed E-state index contributed by atoms with van der Waals surface area (Å²) in [6, 6.07) is 5.57. The molecule has 0 aliphatic rings. The Morgan fingerprint density at radius 2 is 2.07 bits per heavy atom. The Kier molecular flexibility index (Phi) is 1.81. The molecule has 1 aromatic carbocycles. The topological polar surface area (TPSA) is 50.4 Å². The Morgan fingerprint density at radius 1 is 1.36 bits per heavy atom. The molecule has 1 heterocycles. The van der Waals surface area contributed by atoms with Gasteiger partial charge in [0.25, 0.3) is 0 Å². The lowest BCUT2D eigenvalue weighted by molar-refractivity contribution is 0.0664. The number of aryl methyl sites for hydroxylation is 2. The number of fused-ring (bicyclic) bond motifs is 1. The Labute approximate surface area is 81.0 Å². The van der Waals surface area contributed by atoms with Gasteiger partial charge in [0.1, 0.15) is 5.58 Å². The number of carbonyl (C=O) groups is 1. The van der Waals surface area contributed by atoms with Crippen LogP contribution < -0.4 is 0 Å². The predicted octanol–water partition coefficient (Wildman–Crippen LogP) is 2.75. The van der Waals surface area contributed by atoms with Crippen LogP contribution >= 0.6 is 0 Å². The molecule has 0 saturated carbocycles. The summed E-state index contributed by atoms with van der Waals surface area (Å²) in [5, 5.41) is 9.77. The van der Waals surface area contributed by atoms with Gasteiger partial charge >= 0.3 is 5.97 Å². The van der Waals surface area contributed by atoms with Crippen molar-refractivity contribution in [3.63, 3.8) is 0 Å². The van der Waals surface area contributed by atoms with Crippen LogP contribution in [0.5, 0.6) is 0 Å². The van der Waals surface area contributed by atoms with Crippen molar-refractivity contribution in [1.29, 1.82) is 0 Å². The van der Waals surface area contributed by atoms with Crippen LogP contribution in [0.25, 0.3) is 11.0 Å². The molecule has 0 aliphatic heterocycles. The fourth-order valence-corrected chi connectivity index (χ4v) is 1.71. The van der Waals surface area contributed by atoms with Crippen LogP contribution in [0, 0.1) is 13.8 Å². The fourth-order valence-electron chi connectivity index (χ4n) is 1.71. The van der Waals surface area contributed by atoms with Crippen LogP contribution in [-0.4, -0.2) is 11.1 Å². The van der Waals surface area contributed by atoms with E-state index in [1.807, 2.05) is 19.1 Å². The quantitative estimate of drug-likeness (QED) is 0.752. The van der Waals surface area contributed by atoms with E-state index in [1.165, 1.54) is 0 Å². The Morgan fingerprint density at radius 3 is 2.64 bits per heavy atom. The minimum Gasteiger partial charge on any atom is -0.475 e. The summed E-state index contributed by atoms with van der Waals surface area (Å²) in [7, 11) is 0. The molecule has 0 spiro atoms. The summed E-state index contributed by atoms with van der Waals surface area (Å²) in [5.41, 5.74) is 2.38. The number of carboxylic acids is 1. The highest BCUT2D eigenvalue weighted by Gasteiger charge is 2.16. The first-order valence-corrected chi connectivity index (χ1v) is 4.33. The van der Waals surface area contributed by atoms with Crippen molar-refractivity contribution >= 4 is 16.9 Å². The zero-order valence-electron chi connectivity index (χ0n) is 8.00. The standard InChI is InChI=1S/C11H10O3/c1-6-4-3-5-8-9(6)7(2)10(14-8)11(12)13/h3-5H,1-2H3,(H,12,13). The zero-order valence-corrected chi connectivity index (χ0v) is 8.00. The van der Waals surface area contributed by atoms with Crippen LogP contribution in [-0.2, 0) is 0 Å². The second-order valence-electron chi connectivity index (χ2n) is 3.31. The maximum atomic E-state index is 10.8. The predicted molar refractivity (Wildman–Crippen MR) is 52.6 cm³/mol. The average Bonchev–Trinajstić information content (AvgIpc) is 2.45. The third-order valence-corrected chi connectivity index (χ3v) is 2.36. The monoisotopic (exact) mass is 190 g/mol. The zero-order chi connectivity index (χ0) is 10.3. The summed E-state index contributed by atoms with van der Waals surface area (Å²) in [6.45, 7) is 3.71. The van der Waals surface area contributed by atoms with Gasteiger partial charge in [0.05, 0.1) is 0 Å². The van der Waals surface area contributed by atoms with Gasteiger partial charge in [-0.1, -0.05) is 12.1 Å². The van der Waals surface area contributed by atoms with E-state index in [-0.39, 0.29) is 5.76 Å². The maximum absolute atomic E-state index is 10.8. The smallest absolute Gasteiger partial charge is 0.372 e. The molecule has 0 fully saturated rings. The molecular formula is C11H10O3. The van der Waals surface area contributed by atoms with Gasteiger partial charge in [-0.15, -0.1) is 0 Å². The molecule has 0 unspecified atom stereocenters. The van der Waals surface area contributed by atoms with E-state index in [4.69, 9.17) is 9.52 Å². The van der Waals surface area contributed by atoms with E-state index < -0.39 is 5.97 Å². The van der Waals surface area contributed by atoms with Gasteiger partial charge in [-0.05, 0) is 25.5 Å². The molecule has 0 atom stereocenters. The third kappa shape index (κ3) is 1.09. The van der Waals surface area contributed by atoms with Crippen LogP contribution in [0.4, 0.5) is 0 Å². The van der Waals surface area contributed by atoms with Crippen molar-refractivity contribution in [3.05, 3.63) is 35.1 Å². The lowest BCUT2D eigenvalue weighted by atomic mass is 10.1. The van der Waals surface area contributed by atoms with E-state index in [0.717, 1.165) is 10.9 Å². The molecule has 2 rings (SSSR count). The molecule has 0 radical (unpaired) electrons. The highest BCUT2D eigenvalue weighted by molar-refractivity contribution is 5.96. The molecule has 3 nitrogen and oxygen atoms in total. The Hall–Kier alpha value is -1.77. The van der Waals surface area contributed by atoms with Gasteiger partial charge in [-0.25, -0.2) is 4.79 Å². The van der Waals surface area contributed by atoms with Crippen LogP contribution in [0.2, 0.25) is 0 Å². The third-order valence-electron chi connectivity index (χ3n) is 2.36. The first-order valence-electron chi connectivity index (χ1n) is 4.33. The molecule has 0 aliphatic carbocycles. The number of rotatable bonds is 1. The summed E-state index contributed by atoms with van der Waals surface area (Å²) >= 11 is 0. The van der Waals surface area contributed by atoms with Gasteiger partial charge in [0.2, 0.25) is 5.76 Å². The molecule has 14 heavy (non-hydrogen) atoms. The summed E-state index contributed by atoms with van der Waals surface area (Å²) in [4.78, 5) is 10.8. The van der Waals surface area contributed by atoms with Crippen LogP contribution in [0.3, 0.4) is 0 Å². The number of aromatic carboxylic acids is 1. The molecule has 1 N–H and O–H groups in total. The van der Waals surface area contributed by atoms with Gasteiger partial charge in [-0.3, -0.25) is 0 Å². The number of benzene rings is 1. The number of furan rings is 1. The second-order valence-corrected chi connectivity index (χ2v) is 3.31. The summed E-state index contributed by atoms with van der Waals surface area (Å²) in [5.74, 6) is -0.979. The van der Waals surface area contributed by atoms with Crippen molar-refractivity contribution in [2.75, 3.05) is 0 Å². The van der Waals surface area contributed by atoms with E-state index in [1.54, 1.807) is 13.0 Å². The van der Waals surface area contributed by atoms with Crippen molar-refractivity contribution in [1.82, 2.24) is 0 Å². The van der Waals surface area contributed by atoms with Crippen molar-refractivity contribution in [2.45, 2.75) is 13.8 Å². The van der Waals surface area contributed by atoms with E-state index in [9.17, 15) is 4.79 Å². The lowest BCUT2D eigenvalue weighted by Crippen LogP contribution is -1.95. The Bertz CT molecular complexity index is 508. The van der Waals surface area contributed by atoms with Gasteiger partial charge in [-0.2, -0.15) is 0 Å². The van der Waals surface area contributed by atoms with E-state index >= 15 is 0 Å². The molecule has 0 bridgehead atoms. The molecule has 3 heteroatoms. The minimum absolute atomic E-state index is 0.0364. The Balaban J connectivity index is 2.87. The maximum Gasteiger partial charge on any atom is 0.372 e. The number of hydrogen-bond donors (Lipinski definition) is 1. The van der Waals surface area contributed by atoms with Crippen LogP contribution in [0.15, 0.2) is 22.6 Å².